The smallest absolute Gasteiger partial charge is 0.243 e. The molecule has 1 saturated heterocycles. The summed E-state index contributed by atoms with van der Waals surface area (Å²) in [6, 6.07) is 5.61. The molecule has 0 aromatic heterocycles. The van der Waals surface area contributed by atoms with Crippen molar-refractivity contribution in [3.05, 3.63) is 29.3 Å². The maximum Gasteiger partial charge on any atom is 0.243 e. The largest absolute Gasteiger partial charge is 0.330 e. The average molecular weight is 317 g/mol. The van der Waals surface area contributed by atoms with Crippen LogP contribution in [0.1, 0.15) is 24.0 Å². The number of nitrogens with zero attached hydrogens (tertiary/aromatic N) is 1. The van der Waals surface area contributed by atoms with Gasteiger partial charge in [-0.1, -0.05) is 6.07 Å². The first kappa shape index (κ1) is 15.8. The third-order valence-electron chi connectivity index (χ3n) is 4.29. The van der Waals surface area contributed by atoms with Gasteiger partial charge in [-0.15, -0.1) is 12.4 Å². The molecule has 112 valence electrons. The van der Waals surface area contributed by atoms with Crippen molar-refractivity contribution < 1.29 is 8.42 Å². The SMILES string of the molecule is Cl.NCC1CCN(S(=O)(=O)c2ccc3c(c2)CCC3)C1. The van der Waals surface area contributed by atoms with Crippen LogP contribution in [0, 0.1) is 5.92 Å². The third kappa shape index (κ3) is 2.72. The van der Waals surface area contributed by atoms with E-state index in [1.807, 2.05) is 12.1 Å². The fraction of sp³-hybridized carbons (Fsp3) is 0.571. The normalized spacial score (nSPS) is 22.6. The van der Waals surface area contributed by atoms with Crippen LogP contribution in [0.15, 0.2) is 23.1 Å². The molecule has 2 N–H and O–H groups in total. The molecule has 0 amide bonds. The van der Waals surface area contributed by atoms with Crippen molar-refractivity contribution in [3.8, 4) is 0 Å². The highest BCUT2D eigenvalue weighted by Gasteiger charge is 2.32. The van der Waals surface area contributed by atoms with Gasteiger partial charge in [0, 0.05) is 13.1 Å². The molecule has 0 bridgehead atoms. The molecule has 1 heterocycles. The highest BCUT2D eigenvalue weighted by Crippen LogP contribution is 2.28. The molecule has 1 aliphatic heterocycles. The lowest BCUT2D eigenvalue weighted by atomic mass is 10.1. The monoisotopic (exact) mass is 316 g/mol. The Balaban J connectivity index is 0.00000147. The maximum atomic E-state index is 12.6. The lowest BCUT2D eigenvalue weighted by Crippen LogP contribution is -2.30. The second kappa shape index (κ2) is 6.02. The van der Waals surface area contributed by atoms with Gasteiger partial charge in [-0.3, -0.25) is 0 Å². The number of aryl methyl sites for hydroxylation is 2. The molecule has 1 fully saturated rings. The second-order valence-corrected chi connectivity index (χ2v) is 7.48. The number of hydrogen-bond donors (Lipinski definition) is 1. The van der Waals surface area contributed by atoms with E-state index >= 15 is 0 Å². The number of rotatable bonds is 3. The highest BCUT2D eigenvalue weighted by molar-refractivity contribution is 7.89. The van der Waals surface area contributed by atoms with Crippen LogP contribution in [0.3, 0.4) is 0 Å². The summed E-state index contributed by atoms with van der Waals surface area (Å²) in [4.78, 5) is 0.450. The van der Waals surface area contributed by atoms with Gasteiger partial charge in [-0.25, -0.2) is 8.42 Å². The van der Waals surface area contributed by atoms with Crippen molar-refractivity contribution in [3.63, 3.8) is 0 Å². The van der Waals surface area contributed by atoms with Gasteiger partial charge < -0.3 is 5.73 Å². The molecule has 2 aliphatic rings. The van der Waals surface area contributed by atoms with Gasteiger partial charge >= 0.3 is 0 Å². The van der Waals surface area contributed by atoms with Crippen molar-refractivity contribution in [2.45, 2.75) is 30.6 Å². The van der Waals surface area contributed by atoms with E-state index in [1.54, 1.807) is 10.4 Å². The number of hydrogen-bond acceptors (Lipinski definition) is 3. The van der Waals surface area contributed by atoms with Crippen molar-refractivity contribution >= 4 is 22.4 Å². The molecular weight excluding hydrogens is 296 g/mol. The van der Waals surface area contributed by atoms with Gasteiger partial charge in [-0.05, 0) is 61.4 Å². The predicted octanol–water partition coefficient (Wildman–Crippen LogP) is 1.57. The van der Waals surface area contributed by atoms with Crippen molar-refractivity contribution in [1.82, 2.24) is 4.31 Å². The zero-order valence-corrected chi connectivity index (χ0v) is 13.0. The Kier molecular flexibility index (Phi) is 4.74. The van der Waals surface area contributed by atoms with Gasteiger partial charge in [0.1, 0.15) is 0 Å². The van der Waals surface area contributed by atoms with E-state index in [2.05, 4.69) is 0 Å². The molecule has 20 heavy (non-hydrogen) atoms. The average Bonchev–Trinajstić information content (AvgIpc) is 3.06. The summed E-state index contributed by atoms with van der Waals surface area (Å²) in [6.45, 7) is 1.73. The zero-order chi connectivity index (χ0) is 13.5. The summed E-state index contributed by atoms with van der Waals surface area (Å²) in [5, 5.41) is 0. The van der Waals surface area contributed by atoms with Crippen molar-refractivity contribution in [2.75, 3.05) is 19.6 Å². The van der Waals surface area contributed by atoms with E-state index in [-0.39, 0.29) is 12.4 Å². The third-order valence-corrected chi connectivity index (χ3v) is 6.15. The number of nitrogens with two attached hydrogens (primary N) is 1. The van der Waals surface area contributed by atoms with Crippen LogP contribution >= 0.6 is 12.4 Å². The second-order valence-electron chi connectivity index (χ2n) is 5.54. The van der Waals surface area contributed by atoms with Gasteiger partial charge in [0.25, 0.3) is 0 Å². The molecule has 4 nitrogen and oxygen atoms in total. The molecule has 0 radical (unpaired) electrons. The fourth-order valence-electron chi connectivity index (χ4n) is 3.07. The summed E-state index contributed by atoms with van der Waals surface area (Å²) < 4.78 is 26.7. The molecule has 1 atom stereocenters. The summed E-state index contributed by atoms with van der Waals surface area (Å²) in [6.07, 6.45) is 4.09. The van der Waals surface area contributed by atoms with Crippen LogP contribution in [0.25, 0.3) is 0 Å². The number of sulfonamides is 1. The minimum Gasteiger partial charge on any atom is -0.330 e. The van der Waals surface area contributed by atoms with E-state index in [9.17, 15) is 8.42 Å². The first-order chi connectivity index (χ1) is 9.11. The molecule has 1 unspecified atom stereocenters. The zero-order valence-electron chi connectivity index (χ0n) is 11.4. The Labute approximate surface area is 126 Å². The van der Waals surface area contributed by atoms with Crippen LogP contribution in [0.4, 0.5) is 0 Å². The Hall–Kier alpha value is -0.620. The molecule has 3 rings (SSSR count). The molecule has 0 saturated carbocycles. The van der Waals surface area contributed by atoms with Gasteiger partial charge in [0.05, 0.1) is 4.90 Å². The Morgan fingerprint density at radius 1 is 1.25 bits per heavy atom. The van der Waals surface area contributed by atoms with Gasteiger partial charge in [0.15, 0.2) is 0 Å². The van der Waals surface area contributed by atoms with Crippen LogP contribution < -0.4 is 5.73 Å². The van der Waals surface area contributed by atoms with E-state index in [1.165, 1.54) is 11.1 Å². The van der Waals surface area contributed by atoms with Crippen molar-refractivity contribution in [2.24, 2.45) is 11.7 Å². The molecule has 1 aliphatic carbocycles. The molecule has 1 aromatic rings. The lowest BCUT2D eigenvalue weighted by molar-refractivity contribution is 0.459. The minimum atomic E-state index is -3.33. The Morgan fingerprint density at radius 2 is 2.00 bits per heavy atom. The lowest BCUT2D eigenvalue weighted by Gasteiger charge is -2.17. The number of benzene rings is 1. The number of fused-ring (bicyclic) bond motifs is 1. The first-order valence-corrected chi connectivity index (χ1v) is 8.37. The van der Waals surface area contributed by atoms with Gasteiger partial charge in [0.2, 0.25) is 10.0 Å². The van der Waals surface area contributed by atoms with E-state index < -0.39 is 10.0 Å². The van der Waals surface area contributed by atoms with E-state index in [0.29, 0.717) is 30.4 Å². The predicted molar refractivity (Wildman–Crippen MR) is 81.6 cm³/mol. The van der Waals surface area contributed by atoms with E-state index in [4.69, 9.17) is 5.73 Å². The van der Waals surface area contributed by atoms with Crippen molar-refractivity contribution in [1.29, 1.82) is 0 Å². The maximum absolute atomic E-state index is 12.6. The summed E-state index contributed by atoms with van der Waals surface area (Å²) in [5.74, 6) is 0.309. The molecular formula is C14H21ClN2O2S. The highest BCUT2D eigenvalue weighted by atomic mass is 35.5. The molecule has 6 heteroatoms. The summed E-state index contributed by atoms with van der Waals surface area (Å²) in [7, 11) is -3.33. The Morgan fingerprint density at radius 3 is 2.70 bits per heavy atom. The summed E-state index contributed by atoms with van der Waals surface area (Å²) >= 11 is 0. The van der Waals surface area contributed by atoms with Crippen LogP contribution in [-0.4, -0.2) is 32.4 Å². The van der Waals surface area contributed by atoms with Gasteiger partial charge in [-0.2, -0.15) is 4.31 Å². The van der Waals surface area contributed by atoms with Crippen LogP contribution in [-0.2, 0) is 22.9 Å². The topological polar surface area (TPSA) is 63.4 Å². The number of halogens is 1. The first-order valence-electron chi connectivity index (χ1n) is 6.93. The standard InChI is InChI=1S/C14H20N2O2S.ClH/c15-9-11-6-7-16(10-11)19(17,18)14-5-4-12-2-1-3-13(12)8-14;/h4-5,8,11H,1-3,6-7,9-10,15H2;1H. The molecule has 1 aromatic carbocycles. The fourth-order valence-corrected chi connectivity index (χ4v) is 4.65. The molecule has 0 spiro atoms. The van der Waals surface area contributed by atoms with Crippen LogP contribution in [0.2, 0.25) is 0 Å². The summed E-state index contributed by atoms with van der Waals surface area (Å²) in [5.41, 5.74) is 8.14. The minimum absolute atomic E-state index is 0. The van der Waals surface area contributed by atoms with E-state index in [0.717, 1.165) is 25.7 Å². The quantitative estimate of drug-likeness (QED) is 0.920. The Bertz CT molecular complexity index is 589. The van der Waals surface area contributed by atoms with Crippen LogP contribution in [0.5, 0.6) is 0 Å².